The molecular formula is C71H117N13O31. The van der Waals surface area contributed by atoms with Crippen molar-refractivity contribution in [3.63, 3.8) is 0 Å². The summed E-state index contributed by atoms with van der Waals surface area (Å²) >= 11 is 0. The van der Waals surface area contributed by atoms with Crippen molar-refractivity contribution < 1.29 is 149 Å². The number of ether oxygens (including phenoxy) is 21. The van der Waals surface area contributed by atoms with Gasteiger partial charge in [0.25, 0.3) is 0 Å². The fraction of sp³-hybridized carbons (Fsp3) is 0.831. The van der Waals surface area contributed by atoms with E-state index in [1.165, 1.54) is 20.8 Å². The van der Waals surface area contributed by atoms with Crippen LogP contribution in [-0.2, 0) is 158 Å². The number of unbranched alkanes of at least 4 members (excludes halogenated alkanes) is 2. The molecule has 115 heavy (non-hydrogen) atoms. The molecule has 0 unspecified atom stereocenters. The third-order valence-electron chi connectivity index (χ3n) is 19.1. The number of nitrogens with one attached hydrogen (secondary N) is 4. The molecule has 6 aliphatic rings. The molecule has 3 aromatic rings. The van der Waals surface area contributed by atoms with Crippen LogP contribution >= 0.6 is 0 Å². The van der Waals surface area contributed by atoms with Gasteiger partial charge >= 0.3 is 0 Å². The summed E-state index contributed by atoms with van der Waals surface area (Å²) in [6.45, 7) is 14.5. The highest BCUT2D eigenvalue weighted by atomic mass is 16.8. The smallest absolute Gasteiger partial charge is 0.220 e. The Hall–Kier alpha value is -6.04. The van der Waals surface area contributed by atoms with E-state index in [9.17, 15) is 49.8 Å². The van der Waals surface area contributed by atoms with Crippen molar-refractivity contribution in [2.45, 2.75) is 182 Å². The normalized spacial score (nSPS) is 26.9. The Morgan fingerprint density at radius 1 is 0.435 bits per heavy atom. The zero-order chi connectivity index (χ0) is 81.7. The van der Waals surface area contributed by atoms with Crippen LogP contribution in [0.2, 0.25) is 0 Å². The predicted molar refractivity (Wildman–Crippen MR) is 388 cm³/mol. The highest BCUT2D eigenvalue weighted by Gasteiger charge is 2.62. The van der Waals surface area contributed by atoms with Gasteiger partial charge in [0.05, 0.1) is 256 Å². The van der Waals surface area contributed by atoms with Crippen molar-refractivity contribution in [1.82, 2.24) is 66.2 Å². The minimum absolute atomic E-state index is 0.00930. The minimum atomic E-state index is -1.34. The molecule has 6 bridgehead atoms. The number of amides is 4. The van der Waals surface area contributed by atoms with Gasteiger partial charge in [-0.2, -0.15) is 0 Å². The van der Waals surface area contributed by atoms with Gasteiger partial charge in [-0.3, -0.25) is 19.2 Å². The lowest BCUT2D eigenvalue weighted by Gasteiger charge is -2.42. The Kier molecular flexibility index (Phi) is 39.5. The quantitative estimate of drug-likeness (QED) is 0.0186. The minimum Gasteiger partial charge on any atom is -0.388 e. The van der Waals surface area contributed by atoms with E-state index in [0.717, 1.165) is 12.8 Å². The number of allylic oxidation sites excluding steroid dienone is 1. The lowest BCUT2D eigenvalue weighted by Crippen LogP contribution is -2.66. The molecule has 9 rings (SSSR count). The van der Waals surface area contributed by atoms with Crippen molar-refractivity contribution >= 4 is 23.6 Å². The first kappa shape index (κ1) is 92.8. The number of rotatable bonds is 63. The van der Waals surface area contributed by atoms with E-state index in [-0.39, 0.29) is 149 Å². The van der Waals surface area contributed by atoms with Crippen molar-refractivity contribution in [1.29, 1.82) is 0 Å². The van der Waals surface area contributed by atoms with Crippen LogP contribution in [0.3, 0.4) is 0 Å². The summed E-state index contributed by atoms with van der Waals surface area (Å²) in [6, 6.07) is -2.71. The van der Waals surface area contributed by atoms with E-state index in [1.54, 1.807) is 32.6 Å². The number of carbonyl (C=O) groups is 4. The standard InChI is InChI=1S/C71H117N13O31/c1-5-6-7-8-9-55(88)75-68(40-107-37-52-34-82(79-76-52)10-13-95-16-19-98-22-25-101-28-31-104-43-69-46-110-65(113-69)56(72-49(2)85)59(89)62(69)92,41-108-38-53-35-83(80-77-53)11-14-96-17-20-99-23-26-102-29-32-105-44-70-47-111-66(114-70)57(73-50(3)86)60(90)63(70)93)42-109-39-54-36-84(81-78-54)12-15-97-18-21-100-24-27-103-30-33-106-45-71-48-112-67(115-71)58(74-51(4)87)61(91)64(71)94/h5,34-36,56-67,89-94H,1,6-33,37-48H2,2-4H3,(H,72,85)(H,73,86)(H,74,87)(H,75,88)/t56-,57-,58-,59-,60-,61-,62-,63-,64-,65+,66+,67+,69-,70-,71-/m1/s1. The summed E-state index contributed by atoms with van der Waals surface area (Å²) in [5.41, 5.74) is -3.50. The molecule has 3 aromatic heterocycles. The summed E-state index contributed by atoms with van der Waals surface area (Å²) in [4.78, 5) is 48.6. The second kappa shape index (κ2) is 48.9. The molecule has 652 valence electrons. The van der Waals surface area contributed by atoms with E-state index in [2.05, 4.69) is 58.8 Å². The summed E-state index contributed by atoms with van der Waals surface area (Å²) in [7, 11) is 0. The van der Waals surface area contributed by atoms with E-state index >= 15 is 0 Å². The number of aromatic nitrogens is 9. The van der Waals surface area contributed by atoms with E-state index in [4.69, 9.17) is 99.5 Å². The van der Waals surface area contributed by atoms with E-state index in [1.807, 2.05) is 6.08 Å². The van der Waals surface area contributed by atoms with Crippen LogP contribution in [0.5, 0.6) is 0 Å². The van der Waals surface area contributed by atoms with Gasteiger partial charge in [-0.25, -0.2) is 14.0 Å². The Morgan fingerprint density at radius 3 is 0.991 bits per heavy atom. The Bertz CT molecular complexity index is 3010. The monoisotopic (exact) mass is 1650 g/mol. The number of nitrogens with zero attached hydrogens (tertiary/aromatic N) is 9. The average molecular weight is 1650 g/mol. The molecule has 0 aromatic carbocycles. The maximum Gasteiger partial charge on any atom is 0.220 e. The Morgan fingerprint density at radius 2 is 0.713 bits per heavy atom. The molecule has 10 N–H and O–H groups in total. The molecule has 6 saturated heterocycles. The summed E-state index contributed by atoms with van der Waals surface area (Å²) in [5.74, 6) is -1.41. The van der Waals surface area contributed by atoms with E-state index in [0.29, 0.717) is 142 Å². The van der Waals surface area contributed by atoms with Crippen molar-refractivity contribution in [3.8, 4) is 0 Å². The van der Waals surface area contributed by atoms with Crippen LogP contribution in [0.25, 0.3) is 0 Å². The highest BCUT2D eigenvalue weighted by Crippen LogP contribution is 2.40. The van der Waals surface area contributed by atoms with Crippen LogP contribution in [0.15, 0.2) is 31.2 Å². The summed E-state index contributed by atoms with van der Waals surface area (Å²) in [6.07, 6.45) is -1.28. The maximum absolute atomic E-state index is 13.9. The van der Waals surface area contributed by atoms with Gasteiger partial charge in [-0.15, -0.1) is 21.9 Å². The third kappa shape index (κ3) is 29.4. The topological polar surface area (TPSA) is 524 Å². The van der Waals surface area contributed by atoms with Crippen LogP contribution in [0.4, 0.5) is 0 Å². The highest BCUT2D eigenvalue weighted by molar-refractivity contribution is 5.77. The molecule has 44 nitrogen and oxygen atoms in total. The van der Waals surface area contributed by atoms with Gasteiger partial charge in [0.15, 0.2) is 18.9 Å². The van der Waals surface area contributed by atoms with E-state index < -0.39 is 96.0 Å². The number of carbonyl (C=O) groups excluding carboxylic acids is 4. The zero-order valence-electron chi connectivity index (χ0n) is 65.6. The lowest BCUT2D eigenvalue weighted by molar-refractivity contribution is -0.238. The lowest BCUT2D eigenvalue weighted by atomic mass is 9.88. The van der Waals surface area contributed by atoms with Gasteiger partial charge in [-0.05, 0) is 19.3 Å². The van der Waals surface area contributed by atoms with Gasteiger partial charge in [0.1, 0.15) is 94.2 Å². The first-order valence-electron chi connectivity index (χ1n) is 38.8. The molecule has 0 radical (unpaired) electrons. The van der Waals surface area contributed by atoms with Crippen molar-refractivity contribution in [3.05, 3.63) is 48.3 Å². The summed E-state index contributed by atoms with van der Waals surface area (Å²) in [5, 5.41) is 101. The van der Waals surface area contributed by atoms with Gasteiger partial charge in [0, 0.05) is 27.2 Å². The second-order valence-corrected chi connectivity index (χ2v) is 28.5. The number of aliphatic hydroxyl groups is 6. The van der Waals surface area contributed by atoms with Crippen molar-refractivity contribution in [2.75, 3.05) is 198 Å². The van der Waals surface area contributed by atoms with Crippen LogP contribution < -0.4 is 21.3 Å². The van der Waals surface area contributed by atoms with Gasteiger partial charge < -0.3 is 151 Å². The number of hydrogen-bond donors (Lipinski definition) is 10. The molecular weight excluding hydrogens is 1530 g/mol. The fourth-order valence-electron chi connectivity index (χ4n) is 13.2. The number of hydrogen-bond acceptors (Lipinski definition) is 37. The number of fused-ring (bicyclic) bond motifs is 6. The van der Waals surface area contributed by atoms with Crippen LogP contribution in [-0.4, -0.2) is 393 Å². The summed E-state index contributed by atoms with van der Waals surface area (Å²) < 4.78 is 126. The second-order valence-electron chi connectivity index (χ2n) is 28.5. The predicted octanol–water partition coefficient (Wildman–Crippen LogP) is -5.73. The van der Waals surface area contributed by atoms with Crippen LogP contribution in [0, 0.1) is 0 Å². The third-order valence-corrected chi connectivity index (χ3v) is 19.1. The largest absolute Gasteiger partial charge is 0.388 e. The van der Waals surface area contributed by atoms with Gasteiger partial charge in [0.2, 0.25) is 23.6 Å². The van der Waals surface area contributed by atoms with Crippen LogP contribution in [0.1, 0.15) is 63.5 Å². The molecule has 44 heteroatoms. The molecule has 6 fully saturated rings. The molecule has 15 atom stereocenters. The molecule has 0 aliphatic carbocycles. The first-order valence-corrected chi connectivity index (χ1v) is 38.8. The van der Waals surface area contributed by atoms with Gasteiger partial charge in [-0.1, -0.05) is 21.7 Å². The zero-order valence-corrected chi connectivity index (χ0v) is 65.6. The Balaban J connectivity index is 0.664. The SMILES string of the molecule is C=CCCCCC(=O)NC(COCc1cn(CCOCCOCCOCCOC[C@]23CO[C@@H](O2)[C@H](NC(C)=O)[C@@H](O)[C@H]3O)nn1)(COCc1cn(CCOCCOCCOCCOC[C@]23CO[C@@H](O2)[C@H](NC(C)=O)[C@@H](O)[C@H]3O)nn1)COCc1cn(CCOCCOCCOCCOC[C@]23CO[C@@H](O2)[C@H](NC(C)=O)[C@@H](O)[C@H]3O)nn1. The fourth-order valence-corrected chi connectivity index (χ4v) is 13.2. The molecule has 0 spiro atoms. The molecule has 4 amide bonds. The average Bonchev–Trinajstić information content (AvgIpc) is 1.65. The van der Waals surface area contributed by atoms with Crippen molar-refractivity contribution in [2.24, 2.45) is 0 Å². The maximum atomic E-state index is 13.9. The Labute approximate surface area is 665 Å². The molecule has 0 saturated carbocycles. The first-order chi connectivity index (χ1) is 55.7. The molecule has 6 aliphatic heterocycles. The number of aliphatic hydroxyl groups excluding tert-OH is 6. The molecule has 9 heterocycles.